The summed E-state index contributed by atoms with van der Waals surface area (Å²) in [6, 6.07) is 6.86. The highest BCUT2D eigenvalue weighted by Gasteiger charge is 2.16. The molecule has 116 valence electrons. The van der Waals surface area contributed by atoms with Crippen LogP contribution in [0, 0.1) is 5.92 Å². The van der Waals surface area contributed by atoms with Gasteiger partial charge in [0, 0.05) is 22.7 Å². The molecule has 0 aromatic heterocycles. The fourth-order valence-electron chi connectivity index (χ4n) is 1.86. The van der Waals surface area contributed by atoms with E-state index in [0.29, 0.717) is 12.0 Å². The van der Waals surface area contributed by atoms with E-state index in [1.807, 2.05) is 19.9 Å². The highest BCUT2D eigenvalue weighted by Crippen LogP contribution is 2.11. The van der Waals surface area contributed by atoms with Crippen molar-refractivity contribution in [2.45, 2.75) is 26.3 Å². The quantitative estimate of drug-likeness (QED) is 0.695. The zero-order chi connectivity index (χ0) is 15.8. The summed E-state index contributed by atoms with van der Waals surface area (Å²) in [6.07, 6.45) is 0.503. The summed E-state index contributed by atoms with van der Waals surface area (Å²) < 4.78 is 0.808. The number of benzene rings is 1. The molecule has 2 amide bonds. The van der Waals surface area contributed by atoms with Gasteiger partial charge in [0.05, 0.1) is 6.54 Å². The second-order valence-electron chi connectivity index (χ2n) is 5.12. The molecule has 3 N–H and O–H groups in total. The normalized spacial score (nSPS) is 12.0. The molecule has 0 fully saturated rings. The largest absolute Gasteiger partial charge is 0.396 e. The van der Waals surface area contributed by atoms with Gasteiger partial charge in [-0.15, -0.1) is 0 Å². The van der Waals surface area contributed by atoms with Crippen LogP contribution in [0.3, 0.4) is 0 Å². The van der Waals surface area contributed by atoms with E-state index in [2.05, 4.69) is 26.6 Å². The maximum Gasteiger partial charge on any atom is 0.251 e. The molecule has 1 aromatic rings. The first-order valence-corrected chi connectivity index (χ1v) is 7.67. The number of aliphatic hydroxyl groups excluding tert-OH is 1. The molecule has 0 aliphatic rings. The average Bonchev–Trinajstić information content (AvgIpc) is 2.44. The van der Waals surface area contributed by atoms with Crippen molar-refractivity contribution in [3.63, 3.8) is 0 Å². The van der Waals surface area contributed by atoms with Crippen LogP contribution in [0.4, 0.5) is 0 Å². The summed E-state index contributed by atoms with van der Waals surface area (Å²) in [4.78, 5) is 23.7. The lowest BCUT2D eigenvalue weighted by Gasteiger charge is -2.21. The molecular weight excluding hydrogens is 336 g/mol. The van der Waals surface area contributed by atoms with Crippen molar-refractivity contribution >= 4 is 27.7 Å². The fourth-order valence-corrected chi connectivity index (χ4v) is 2.26. The summed E-state index contributed by atoms with van der Waals surface area (Å²) in [5.74, 6) is -0.331. The van der Waals surface area contributed by atoms with E-state index in [0.717, 1.165) is 4.47 Å². The van der Waals surface area contributed by atoms with E-state index in [-0.39, 0.29) is 36.9 Å². The lowest BCUT2D eigenvalue weighted by molar-refractivity contribution is -0.121. The van der Waals surface area contributed by atoms with Crippen molar-refractivity contribution in [2.24, 2.45) is 5.92 Å². The van der Waals surface area contributed by atoms with Crippen LogP contribution in [0.2, 0.25) is 0 Å². The van der Waals surface area contributed by atoms with Crippen LogP contribution in [0.1, 0.15) is 30.6 Å². The third-order valence-corrected chi connectivity index (χ3v) is 3.58. The summed E-state index contributed by atoms with van der Waals surface area (Å²) >= 11 is 3.29. The van der Waals surface area contributed by atoms with Crippen LogP contribution in [-0.2, 0) is 4.79 Å². The van der Waals surface area contributed by atoms with Crippen LogP contribution in [0.25, 0.3) is 0 Å². The number of amides is 2. The second-order valence-corrected chi connectivity index (χ2v) is 6.04. The minimum atomic E-state index is -0.297. The highest BCUT2D eigenvalue weighted by atomic mass is 79.9. The van der Waals surface area contributed by atoms with Gasteiger partial charge >= 0.3 is 0 Å². The van der Waals surface area contributed by atoms with Gasteiger partial charge < -0.3 is 15.7 Å². The Bertz CT molecular complexity index is 492. The SMILES string of the molecule is CC(C)C(CCO)NC(=O)CNC(=O)c1cccc(Br)c1. The van der Waals surface area contributed by atoms with E-state index < -0.39 is 0 Å². The molecule has 0 aliphatic heterocycles. The minimum absolute atomic E-state index is 0.0214. The van der Waals surface area contributed by atoms with Crippen molar-refractivity contribution in [2.75, 3.05) is 13.2 Å². The van der Waals surface area contributed by atoms with Gasteiger partial charge in [-0.05, 0) is 30.5 Å². The van der Waals surface area contributed by atoms with Crippen molar-refractivity contribution in [1.82, 2.24) is 10.6 Å². The average molecular weight is 357 g/mol. The maximum absolute atomic E-state index is 11.9. The molecule has 0 heterocycles. The van der Waals surface area contributed by atoms with Gasteiger partial charge in [-0.1, -0.05) is 35.8 Å². The predicted molar refractivity (Wildman–Crippen MR) is 84.9 cm³/mol. The molecule has 0 bridgehead atoms. The first kappa shape index (κ1) is 17.7. The van der Waals surface area contributed by atoms with Gasteiger partial charge in [0.25, 0.3) is 5.91 Å². The van der Waals surface area contributed by atoms with E-state index in [4.69, 9.17) is 5.11 Å². The summed E-state index contributed by atoms with van der Waals surface area (Å²) in [6.45, 7) is 3.88. The number of nitrogens with one attached hydrogen (secondary N) is 2. The minimum Gasteiger partial charge on any atom is -0.396 e. The van der Waals surface area contributed by atoms with E-state index in [1.54, 1.807) is 18.2 Å². The Hall–Kier alpha value is -1.40. The third kappa shape index (κ3) is 6.27. The molecule has 5 nitrogen and oxygen atoms in total. The first-order valence-electron chi connectivity index (χ1n) is 6.88. The monoisotopic (exact) mass is 356 g/mol. The summed E-state index contributed by atoms with van der Waals surface area (Å²) in [7, 11) is 0. The van der Waals surface area contributed by atoms with Crippen LogP contribution < -0.4 is 10.6 Å². The van der Waals surface area contributed by atoms with Crippen molar-refractivity contribution in [3.05, 3.63) is 34.3 Å². The molecule has 1 aromatic carbocycles. The molecule has 1 unspecified atom stereocenters. The molecule has 0 aliphatic carbocycles. The van der Waals surface area contributed by atoms with E-state index in [9.17, 15) is 9.59 Å². The van der Waals surface area contributed by atoms with Gasteiger partial charge in [0.1, 0.15) is 0 Å². The standard InChI is InChI=1S/C15H21BrN2O3/c1-10(2)13(6-7-19)18-14(20)9-17-15(21)11-4-3-5-12(16)8-11/h3-5,8,10,13,19H,6-7,9H2,1-2H3,(H,17,21)(H,18,20). The van der Waals surface area contributed by atoms with E-state index in [1.165, 1.54) is 0 Å². The molecule has 0 spiro atoms. The highest BCUT2D eigenvalue weighted by molar-refractivity contribution is 9.10. The van der Waals surface area contributed by atoms with E-state index >= 15 is 0 Å². The lowest BCUT2D eigenvalue weighted by atomic mass is 10.0. The molecule has 0 saturated heterocycles. The van der Waals surface area contributed by atoms with Crippen LogP contribution in [0.15, 0.2) is 28.7 Å². The van der Waals surface area contributed by atoms with Gasteiger partial charge in [-0.3, -0.25) is 9.59 Å². The molecule has 1 atom stereocenters. The Balaban J connectivity index is 2.47. The van der Waals surface area contributed by atoms with Gasteiger partial charge in [0.2, 0.25) is 5.91 Å². The van der Waals surface area contributed by atoms with Crippen LogP contribution in [0.5, 0.6) is 0 Å². The molecule has 6 heteroatoms. The number of carbonyl (C=O) groups is 2. The van der Waals surface area contributed by atoms with Gasteiger partial charge in [0.15, 0.2) is 0 Å². The Morgan fingerprint density at radius 2 is 2.05 bits per heavy atom. The molecule has 1 rings (SSSR count). The first-order chi connectivity index (χ1) is 9.93. The number of rotatable bonds is 7. The number of aliphatic hydroxyl groups is 1. The topological polar surface area (TPSA) is 78.4 Å². The third-order valence-electron chi connectivity index (χ3n) is 3.09. The maximum atomic E-state index is 11.9. The molecule has 21 heavy (non-hydrogen) atoms. The smallest absolute Gasteiger partial charge is 0.251 e. The zero-order valence-electron chi connectivity index (χ0n) is 12.2. The fraction of sp³-hybridized carbons (Fsp3) is 0.467. The molecule has 0 radical (unpaired) electrons. The summed E-state index contributed by atoms with van der Waals surface area (Å²) in [5.41, 5.74) is 0.493. The number of hydrogen-bond acceptors (Lipinski definition) is 3. The molecule has 0 saturated carbocycles. The molecular formula is C15H21BrN2O3. The van der Waals surface area contributed by atoms with Crippen LogP contribution in [-0.4, -0.2) is 36.1 Å². The Morgan fingerprint density at radius 1 is 1.33 bits per heavy atom. The Morgan fingerprint density at radius 3 is 2.62 bits per heavy atom. The van der Waals surface area contributed by atoms with Crippen molar-refractivity contribution < 1.29 is 14.7 Å². The van der Waals surface area contributed by atoms with Gasteiger partial charge in [-0.25, -0.2) is 0 Å². The second kappa shape index (κ2) is 8.79. The van der Waals surface area contributed by atoms with Crippen LogP contribution >= 0.6 is 15.9 Å². The number of hydrogen-bond donors (Lipinski definition) is 3. The number of carbonyl (C=O) groups excluding carboxylic acids is 2. The van der Waals surface area contributed by atoms with Gasteiger partial charge in [-0.2, -0.15) is 0 Å². The zero-order valence-corrected chi connectivity index (χ0v) is 13.8. The van der Waals surface area contributed by atoms with Crippen molar-refractivity contribution in [1.29, 1.82) is 0 Å². The van der Waals surface area contributed by atoms with Crippen molar-refractivity contribution in [3.8, 4) is 0 Å². The Kier molecular flexibility index (Phi) is 7.39. The Labute approximate surface area is 133 Å². The lowest BCUT2D eigenvalue weighted by Crippen LogP contribution is -2.44. The summed E-state index contributed by atoms with van der Waals surface area (Å²) in [5, 5.41) is 14.4. The predicted octanol–water partition coefficient (Wildman–Crippen LogP) is 1.70. The number of halogens is 1.